The van der Waals surface area contributed by atoms with E-state index in [1.165, 1.54) is 0 Å². The standard InChI is InChI=1S/C21H19N5O/c27-20(18-9-8-15-5-1-2-6-16(15)23-18)26-12-4-3-7-19(26)17-10-13-25-14-11-22-21(25)24-17/h1-2,5-6,8-11,13-14,19H,3-4,7,12H2. The van der Waals surface area contributed by atoms with Gasteiger partial charge in [0.25, 0.3) is 5.91 Å². The Morgan fingerprint density at radius 2 is 1.93 bits per heavy atom. The Bertz CT molecular complexity index is 1140. The fourth-order valence-electron chi connectivity index (χ4n) is 3.82. The number of para-hydroxylation sites is 1. The Balaban J connectivity index is 1.51. The van der Waals surface area contributed by atoms with E-state index in [1.54, 1.807) is 6.20 Å². The van der Waals surface area contributed by atoms with E-state index in [-0.39, 0.29) is 11.9 Å². The summed E-state index contributed by atoms with van der Waals surface area (Å²) in [6.45, 7) is 0.722. The van der Waals surface area contributed by atoms with Gasteiger partial charge in [0.1, 0.15) is 5.69 Å². The van der Waals surface area contributed by atoms with E-state index in [1.807, 2.05) is 64.2 Å². The molecule has 1 aliphatic rings. The smallest absolute Gasteiger partial charge is 0.273 e. The summed E-state index contributed by atoms with van der Waals surface area (Å²) in [6, 6.07) is 13.6. The molecule has 0 spiro atoms. The highest BCUT2D eigenvalue weighted by Gasteiger charge is 2.30. The number of piperidine rings is 1. The molecule has 1 saturated heterocycles. The maximum Gasteiger partial charge on any atom is 0.273 e. The van der Waals surface area contributed by atoms with Gasteiger partial charge in [0.15, 0.2) is 0 Å². The molecule has 1 amide bonds. The van der Waals surface area contributed by atoms with Gasteiger partial charge in [0, 0.05) is 30.5 Å². The normalized spacial score (nSPS) is 17.5. The highest BCUT2D eigenvalue weighted by atomic mass is 16.2. The van der Waals surface area contributed by atoms with Crippen LogP contribution in [0.2, 0.25) is 0 Å². The molecular formula is C21H19N5O. The lowest BCUT2D eigenvalue weighted by atomic mass is 9.98. The van der Waals surface area contributed by atoms with Gasteiger partial charge >= 0.3 is 0 Å². The Hall–Kier alpha value is -3.28. The summed E-state index contributed by atoms with van der Waals surface area (Å²) in [5.74, 6) is 0.629. The second kappa shape index (κ2) is 6.46. The predicted molar refractivity (Wildman–Crippen MR) is 102 cm³/mol. The number of rotatable bonds is 2. The van der Waals surface area contributed by atoms with Crippen molar-refractivity contribution in [1.29, 1.82) is 0 Å². The molecular weight excluding hydrogens is 338 g/mol. The summed E-state index contributed by atoms with van der Waals surface area (Å²) < 4.78 is 1.88. The molecule has 0 saturated carbocycles. The molecule has 0 N–H and O–H groups in total. The third-order valence-electron chi connectivity index (χ3n) is 5.21. The molecule has 1 aliphatic heterocycles. The number of carbonyl (C=O) groups is 1. The van der Waals surface area contributed by atoms with Crippen molar-refractivity contribution in [3.63, 3.8) is 0 Å². The van der Waals surface area contributed by atoms with E-state index in [9.17, 15) is 4.79 Å². The molecule has 134 valence electrons. The summed E-state index contributed by atoms with van der Waals surface area (Å²) in [7, 11) is 0. The quantitative estimate of drug-likeness (QED) is 0.549. The summed E-state index contributed by atoms with van der Waals surface area (Å²) in [5, 5.41) is 1.04. The van der Waals surface area contributed by atoms with Gasteiger partial charge in [-0.25, -0.2) is 15.0 Å². The molecule has 1 unspecified atom stereocenters. The zero-order valence-corrected chi connectivity index (χ0v) is 14.8. The SMILES string of the molecule is O=C(c1ccc2ccccc2n1)N1CCCCC1c1ccn2ccnc2n1. The maximum atomic E-state index is 13.3. The zero-order chi connectivity index (χ0) is 18.2. The van der Waals surface area contributed by atoms with Crippen LogP contribution >= 0.6 is 0 Å². The predicted octanol–water partition coefficient (Wildman–Crippen LogP) is 3.64. The number of pyridine rings is 1. The maximum absolute atomic E-state index is 13.3. The molecule has 27 heavy (non-hydrogen) atoms. The van der Waals surface area contributed by atoms with Crippen molar-refractivity contribution in [2.24, 2.45) is 0 Å². The lowest BCUT2D eigenvalue weighted by Gasteiger charge is -2.35. The van der Waals surface area contributed by atoms with Gasteiger partial charge in [-0.05, 0) is 37.5 Å². The first kappa shape index (κ1) is 15.9. The molecule has 6 nitrogen and oxygen atoms in total. The first-order valence-electron chi connectivity index (χ1n) is 9.26. The molecule has 0 aliphatic carbocycles. The van der Waals surface area contributed by atoms with Crippen LogP contribution in [0.5, 0.6) is 0 Å². The van der Waals surface area contributed by atoms with E-state index < -0.39 is 0 Å². The van der Waals surface area contributed by atoms with Crippen molar-refractivity contribution >= 4 is 22.6 Å². The van der Waals surface area contributed by atoms with E-state index >= 15 is 0 Å². The largest absolute Gasteiger partial charge is 0.329 e. The fraction of sp³-hybridized carbons (Fsp3) is 0.238. The molecule has 0 radical (unpaired) electrons. The van der Waals surface area contributed by atoms with Crippen LogP contribution in [-0.2, 0) is 0 Å². The Morgan fingerprint density at radius 3 is 2.89 bits per heavy atom. The highest BCUT2D eigenvalue weighted by Crippen LogP contribution is 2.31. The highest BCUT2D eigenvalue weighted by molar-refractivity contribution is 5.95. The number of carbonyl (C=O) groups excluding carboxylic acids is 1. The first-order valence-corrected chi connectivity index (χ1v) is 9.26. The monoisotopic (exact) mass is 357 g/mol. The van der Waals surface area contributed by atoms with Gasteiger partial charge in [-0.2, -0.15) is 0 Å². The van der Waals surface area contributed by atoms with E-state index in [4.69, 9.17) is 0 Å². The van der Waals surface area contributed by atoms with Gasteiger partial charge in [-0.1, -0.05) is 24.3 Å². The van der Waals surface area contributed by atoms with Gasteiger partial charge < -0.3 is 4.90 Å². The van der Waals surface area contributed by atoms with Crippen molar-refractivity contribution in [3.8, 4) is 0 Å². The second-order valence-corrected chi connectivity index (χ2v) is 6.89. The van der Waals surface area contributed by atoms with Crippen molar-refractivity contribution in [1.82, 2.24) is 24.3 Å². The molecule has 6 heteroatoms. The number of imidazole rings is 1. The summed E-state index contributed by atoms with van der Waals surface area (Å²) in [5.41, 5.74) is 2.22. The molecule has 5 rings (SSSR count). The molecule has 4 heterocycles. The van der Waals surface area contributed by atoms with Crippen LogP contribution < -0.4 is 0 Å². The second-order valence-electron chi connectivity index (χ2n) is 6.89. The average Bonchev–Trinajstić information content (AvgIpc) is 3.21. The first-order chi connectivity index (χ1) is 13.3. The molecule has 3 aromatic heterocycles. The Kier molecular flexibility index (Phi) is 3.81. The average molecular weight is 357 g/mol. The topological polar surface area (TPSA) is 63.4 Å². The van der Waals surface area contributed by atoms with Gasteiger partial charge in [0.05, 0.1) is 17.3 Å². The van der Waals surface area contributed by atoms with Crippen molar-refractivity contribution in [2.45, 2.75) is 25.3 Å². The Labute approximate surface area is 156 Å². The minimum absolute atomic E-state index is 0.0320. The third kappa shape index (κ3) is 2.83. The number of amides is 1. The lowest BCUT2D eigenvalue weighted by Crippen LogP contribution is -2.39. The van der Waals surface area contributed by atoms with Crippen LogP contribution in [0.3, 0.4) is 0 Å². The van der Waals surface area contributed by atoms with Crippen LogP contribution in [0, 0.1) is 0 Å². The summed E-state index contributed by atoms with van der Waals surface area (Å²) in [6.07, 6.45) is 8.55. The number of benzene rings is 1. The zero-order valence-electron chi connectivity index (χ0n) is 14.8. The number of nitrogens with zero attached hydrogens (tertiary/aromatic N) is 5. The summed E-state index contributed by atoms with van der Waals surface area (Å²) in [4.78, 5) is 28.7. The number of fused-ring (bicyclic) bond motifs is 2. The van der Waals surface area contributed by atoms with Crippen molar-refractivity contribution < 1.29 is 4.79 Å². The summed E-state index contributed by atoms with van der Waals surface area (Å²) >= 11 is 0. The van der Waals surface area contributed by atoms with E-state index in [2.05, 4.69) is 15.0 Å². The van der Waals surface area contributed by atoms with Crippen molar-refractivity contribution in [2.75, 3.05) is 6.54 Å². The third-order valence-corrected chi connectivity index (χ3v) is 5.21. The molecule has 0 bridgehead atoms. The Morgan fingerprint density at radius 1 is 1.00 bits per heavy atom. The minimum atomic E-state index is -0.0405. The molecule has 4 aromatic rings. The lowest BCUT2D eigenvalue weighted by molar-refractivity contribution is 0.0600. The van der Waals surface area contributed by atoms with Crippen LogP contribution in [0.1, 0.15) is 41.5 Å². The minimum Gasteiger partial charge on any atom is -0.329 e. The van der Waals surface area contributed by atoms with Crippen LogP contribution in [0.15, 0.2) is 61.1 Å². The van der Waals surface area contributed by atoms with Gasteiger partial charge in [-0.3, -0.25) is 9.20 Å². The number of aromatic nitrogens is 4. The van der Waals surface area contributed by atoms with Gasteiger partial charge in [-0.15, -0.1) is 0 Å². The number of hydrogen-bond donors (Lipinski definition) is 0. The molecule has 1 atom stereocenters. The van der Waals surface area contributed by atoms with Crippen LogP contribution in [-0.4, -0.2) is 36.7 Å². The molecule has 1 aromatic carbocycles. The number of hydrogen-bond acceptors (Lipinski definition) is 4. The van der Waals surface area contributed by atoms with Crippen LogP contribution in [0.4, 0.5) is 0 Å². The van der Waals surface area contributed by atoms with E-state index in [0.29, 0.717) is 11.5 Å². The van der Waals surface area contributed by atoms with Crippen molar-refractivity contribution in [3.05, 3.63) is 72.4 Å². The molecule has 1 fully saturated rings. The van der Waals surface area contributed by atoms with Gasteiger partial charge in [0.2, 0.25) is 5.78 Å². The fourth-order valence-corrected chi connectivity index (χ4v) is 3.82. The van der Waals surface area contributed by atoms with E-state index in [0.717, 1.165) is 42.4 Å². The number of likely N-dealkylation sites (tertiary alicyclic amines) is 1. The van der Waals surface area contributed by atoms with Crippen LogP contribution in [0.25, 0.3) is 16.7 Å².